The second-order valence-corrected chi connectivity index (χ2v) is 10.9. The molecule has 0 bridgehead atoms. The molecule has 1 aromatic heterocycles. The highest BCUT2D eigenvalue weighted by Gasteiger charge is 2.31. The molecule has 9 heteroatoms. The molecule has 0 saturated carbocycles. The van der Waals surface area contributed by atoms with Gasteiger partial charge in [-0.25, -0.2) is 17.7 Å². The Bertz CT molecular complexity index is 1150. The Balaban J connectivity index is 1.28. The van der Waals surface area contributed by atoms with E-state index in [0.29, 0.717) is 25.9 Å². The highest BCUT2D eigenvalue weighted by molar-refractivity contribution is 7.99. The minimum absolute atomic E-state index is 0.00661. The third-order valence-corrected chi connectivity index (χ3v) is 8.45. The first-order valence-corrected chi connectivity index (χ1v) is 12.9. The van der Waals surface area contributed by atoms with Crippen molar-refractivity contribution in [3.05, 3.63) is 72.6 Å². The topological polar surface area (TPSA) is 84.3 Å². The summed E-state index contributed by atoms with van der Waals surface area (Å²) in [6.45, 7) is 0.735. The molecule has 4 rings (SSSR count). The minimum Gasteiger partial charge on any atom is -0.329 e. The zero-order chi connectivity index (χ0) is 22.6. The van der Waals surface area contributed by atoms with Gasteiger partial charge in [0, 0.05) is 49.0 Å². The van der Waals surface area contributed by atoms with Gasteiger partial charge in [0.2, 0.25) is 15.9 Å². The fraction of sp³-hybridized carbons (Fsp3) is 0.304. The third kappa shape index (κ3) is 5.59. The molecular formula is C23H26N4O3S2. The zero-order valence-corrected chi connectivity index (χ0v) is 19.5. The summed E-state index contributed by atoms with van der Waals surface area (Å²) in [6.07, 6.45) is 4.70. The molecule has 7 nitrogen and oxygen atoms in total. The van der Waals surface area contributed by atoms with Gasteiger partial charge in [-0.2, -0.15) is 0 Å². The average Bonchev–Trinajstić information content (AvgIpc) is 3.20. The molecule has 1 saturated heterocycles. The highest BCUT2D eigenvalue weighted by atomic mass is 32.2. The van der Waals surface area contributed by atoms with Crippen LogP contribution in [0.25, 0.3) is 0 Å². The van der Waals surface area contributed by atoms with Crippen LogP contribution < -0.4 is 5.32 Å². The first kappa shape index (κ1) is 22.6. The fourth-order valence-electron chi connectivity index (χ4n) is 3.68. The average molecular weight is 471 g/mol. The number of nitrogens with zero attached hydrogens (tertiary/aromatic N) is 3. The molecule has 32 heavy (non-hydrogen) atoms. The van der Waals surface area contributed by atoms with E-state index in [0.717, 1.165) is 21.3 Å². The highest BCUT2D eigenvalue weighted by Crippen LogP contribution is 2.28. The number of sulfonamides is 1. The van der Waals surface area contributed by atoms with Gasteiger partial charge in [-0.05, 0) is 42.7 Å². The smallest absolute Gasteiger partial charge is 0.227 e. The van der Waals surface area contributed by atoms with Crippen LogP contribution in [0.15, 0.2) is 77.0 Å². The van der Waals surface area contributed by atoms with Crippen LogP contribution in [0.3, 0.4) is 0 Å². The molecule has 1 aliphatic rings. The molecule has 1 aliphatic heterocycles. The van der Waals surface area contributed by atoms with Crippen molar-refractivity contribution in [2.75, 3.05) is 18.4 Å². The zero-order valence-electron chi connectivity index (χ0n) is 17.8. The molecule has 2 aromatic carbocycles. The quantitative estimate of drug-likeness (QED) is 0.569. The van der Waals surface area contributed by atoms with Crippen LogP contribution in [0.1, 0.15) is 18.4 Å². The molecule has 3 aromatic rings. The van der Waals surface area contributed by atoms with Crippen molar-refractivity contribution in [1.29, 1.82) is 0 Å². The van der Waals surface area contributed by atoms with Crippen LogP contribution in [0, 0.1) is 5.92 Å². The molecule has 0 aliphatic carbocycles. The van der Waals surface area contributed by atoms with Crippen molar-refractivity contribution in [3.8, 4) is 0 Å². The molecule has 2 heterocycles. The maximum atomic E-state index is 12.7. The van der Waals surface area contributed by atoms with Gasteiger partial charge in [0.25, 0.3) is 0 Å². The molecule has 0 spiro atoms. The summed E-state index contributed by atoms with van der Waals surface area (Å²) in [5, 5.41) is 3.86. The van der Waals surface area contributed by atoms with Gasteiger partial charge in [0.05, 0.1) is 5.75 Å². The predicted octanol–water partition coefficient (Wildman–Crippen LogP) is 3.75. The third-order valence-electron chi connectivity index (χ3n) is 5.52. The summed E-state index contributed by atoms with van der Waals surface area (Å²) in [5.74, 6) is -0.262. The van der Waals surface area contributed by atoms with Crippen molar-refractivity contribution >= 4 is 33.4 Å². The molecule has 1 N–H and O–H groups in total. The van der Waals surface area contributed by atoms with Crippen LogP contribution >= 0.6 is 11.8 Å². The summed E-state index contributed by atoms with van der Waals surface area (Å²) in [6, 6.07) is 16.8. The van der Waals surface area contributed by atoms with E-state index in [2.05, 4.69) is 10.3 Å². The Labute approximate surface area is 192 Å². The van der Waals surface area contributed by atoms with Crippen LogP contribution in [0.4, 0.5) is 5.69 Å². The van der Waals surface area contributed by atoms with Gasteiger partial charge >= 0.3 is 0 Å². The molecular weight excluding hydrogens is 444 g/mol. The van der Waals surface area contributed by atoms with Crippen molar-refractivity contribution in [2.24, 2.45) is 13.0 Å². The van der Waals surface area contributed by atoms with Gasteiger partial charge in [-0.15, -0.1) is 0 Å². The number of piperidine rings is 1. The Hall–Kier alpha value is -2.62. The number of aromatic nitrogens is 2. The van der Waals surface area contributed by atoms with Crippen molar-refractivity contribution < 1.29 is 13.2 Å². The lowest BCUT2D eigenvalue weighted by atomic mass is 9.97. The number of hydrogen-bond acceptors (Lipinski definition) is 5. The van der Waals surface area contributed by atoms with E-state index in [4.69, 9.17) is 0 Å². The maximum absolute atomic E-state index is 12.7. The van der Waals surface area contributed by atoms with Gasteiger partial charge < -0.3 is 9.88 Å². The number of benzene rings is 2. The van der Waals surface area contributed by atoms with Crippen LogP contribution in [0.5, 0.6) is 0 Å². The van der Waals surface area contributed by atoms with E-state index in [1.54, 1.807) is 18.0 Å². The summed E-state index contributed by atoms with van der Waals surface area (Å²) in [7, 11) is -1.43. The number of carbonyl (C=O) groups is 1. The SMILES string of the molecule is Cn1ccnc1Sc1ccc(NC(=O)C2CCN(S(=O)(=O)Cc3ccccc3)CC2)cc1. The van der Waals surface area contributed by atoms with Crippen molar-refractivity contribution in [1.82, 2.24) is 13.9 Å². The second kappa shape index (κ2) is 9.89. The Morgan fingerprint density at radius 2 is 1.78 bits per heavy atom. The summed E-state index contributed by atoms with van der Waals surface area (Å²) >= 11 is 1.56. The van der Waals surface area contributed by atoms with E-state index < -0.39 is 10.0 Å². The maximum Gasteiger partial charge on any atom is 0.227 e. The lowest BCUT2D eigenvalue weighted by Gasteiger charge is -2.30. The number of amides is 1. The molecule has 1 fully saturated rings. The van der Waals surface area contributed by atoms with E-state index in [1.165, 1.54) is 4.31 Å². The van der Waals surface area contributed by atoms with E-state index >= 15 is 0 Å². The standard InChI is InChI=1S/C23H26N4O3S2/c1-26-16-13-24-23(26)31-21-9-7-20(8-10-21)25-22(28)19-11-14-27(15-12-19)32(29,30)17-18-5-3-2-4-6-18/h2-10,13,16,19H,11-12,14-15,17H2,1H3,(H,25,28). The van der Waals surface area contributed by atoms with Crippen LogP contribution in [0.2, 0.25) is 0 Å². The number of aryl methyl sites for hydroxylation is 1. The monoisotopic (exact) mass is 470 g/mol. The number of hydrogen-bond donors (Lipinski definition) is 1. The van der Waals surface area contributed by atoms with Crippen LogP contribution in [-0.2, 0) is 27.6 Å². The summed E-state index contributed by atoms with van der Waals surface area (Å²) < 4.78 is 28.9. The Kier molecular flexibility index (Phi) is 6.98. The largest absolute Gasteiger partial charge is 0.329 e. The first-order valence-electron chi connectivity index (χ1n) is 10.5. The normalized spacial score (nSPS) is 15.5. The molecule has 0 unspecified atom stereocenters. The lowest BCUT2D eigenvalue weighted by molar-refractivity contribution is -0.120. The Morgan fingerprint density at radius 1 is 1.09 bits per heavy atom. The number of rotatable bonds is 7. The van der Waals surface area contributed by atoms with Gasteiger partial charge in [-0.3, -0.25) is 4.79 Å². The number of imidazole rings is 1. The van der Waals surface area contributed by atoms with E-state index in [1.807, 2.05) is 72.4 Å². The molecule has 0 atom stereocenters. The molecule has 168 valence electrons. The Morgan fingerprint density at radius 3 is 2.41 bits per heavy atom. The van der Waals surface area contributed by atoms with E-state index in [-0.39, 0.29) is 17.6 Å². The molecule has 1 amide bonds. The van der Waals surface area contributed by atoms with Gasteiger partial charge in [0.1, 0.15) is 0 Å². The van der Waals surface area contributed by atoms with Gasteiger partial charge in [0.15, 0.2) is 5.16 Å². The number of anilines is 1. The molecule has 0 radical (unpaired) electrons. The first-order chi connectivity index (χ1) is 15.4. The summed E-state index contributed by atoms with van der Waals surface area (Å²) in [5.41, 5.74) is 1.51. The van der Waals surface area contributed by atoms with Crippen LogP contribution in [-0.4, -0.2) is 41.3 Å². The lowest BCUT2D eigenvalue weighted by Crippen LogP contribution is -2.41. The van der Waals surface area contributed by atoms with Crippen molar-refractivity contribution in [3.63, 3.8) is 0 Å². The number of carbonyl (C=O) groups excluding carboxylic acids is 1. The minimum atomic E-state index is -3.38. The number of nitrogens with one attached hydrogen (secondary N) is 1. The van der Waals surface area contributed by atoms with Gasteiger partial charge in [-0.1, -0.05) is 42.1 Å². The van der Waals surface area contributed by atoms with Crippen molar-refractivity contribution in [2.45, 2.75) is 28.6 Å². The predicted molar refractivity (Wildman–Crippen MR) is 126 cm³/mol. The summed E-state index contributed by atoms with van der Waals surface area (Å²) in [4.78, 5) is 18.0. The second-order valence-electron chi connectivity index (χ2n) is 7.85. The fourth-order valence-corrected chi connectivity index (χ4v) is 6.04. The van der Waals surface area contributed by atoms with E-state index in [9.17, 15) is 13.2 Å².